The van der Waals surface area contributed by atoms with Gasteiger partial charge in [0.05, 0.1) is 16.1 Å². The Morgan fingerprint density at radius 1 is 0.941 bits per heavy atom. The minimum absolute atomic E-state index is 0. The Hall–Kier alpha value is -1.71. The molecule has 2 aromatic rings. The molecule has 0 radical (unpaired) electrons. The van der Waals surface area contributed by atoms with Gasteiger partial charge in [-0.2, -0.15) is 0 Å². The lowest BCUT2D eigenvalue weighted by Gasteiger charge is -2.37. The minimum Gasteiger partial charge on any atom is -0.486 e. The van der Waals surface area contributed by atoms with Gasteiger partial charge in [-0.25, -0.2) is 4.21 Å². The SMILES string of the molecule is Cl.Cl.O=C1c2ccccc2S(=O)N1CCCCN1CCN(c2cc(Cl)cc3c2OCCO3)CC1. The number of amides is 1. The minimum atomic E-state index is -1.37. The monoisotopic (exact) mass is 547 g/mol. The lowest BCUT2D eigenvalue weighted by molar-refractivity contribution is 0.0872. The molecule has 3 heterocycles. The summed E-state index contributed by atoms with van der Waals surface area (Å²) in [5, 5.41) is 0.655. The van der Waals surface area contributed by atoms with E-state index >= 15 is 0 Å². The van der Waals surface area contributed by atoms with Crippen molar-refractivity contribution in [1.29, 1.82) is 0 Å². The van der Waals surface area contributed by atoms with E-state index in [-0.39, 0.29) is 30.7 Å². The van der Waals surface area contributed by atoms with Crippen LogP contribution < -0.4 is 14.4 Å². The van der Waals surface area contributed by atoms with E-state index in [2.05, 4.69) is 9.80 Å². The Bertz CT molecular complexity index is 1020. The summed E-state index contributed by atoms with van der Waals surface area (Å²) in [6.45, 7) is 6.25. The molecular weight excluding hydrogens is 521 g/mol. The quantitative estimate of drug-likeness (QED) is 0.508. The van der Waals surface area contributed by atoms with Crippen LogP contribution in [-0.4, -0.2) is 71.8 Å². The molecule has 3 aliphatic heterocycles. The van der Waals surface area contributed by atoms with Crippen LogP contribution in [0.25, 0.3) is 0 Å². The molecule has 1 fully saturated rings. The van der Waals surface area contributed by atoms with Crippen LogP contribution in [0.2, 0.25) is 5.02 Å². The van der Waals surface area contributed by atoms with Crippen LogP contribution in [0.5, 0.6) is 11.5 Å². The number of anilines is 1. The molecule has 1 amide bonds. The molecule has 2 aromatic carbocycles. The smallest absolute Gasteiger partial charge is 0.267 e. The summed E-state index contributed by atoms with van der Waals surface area (Å²) < 4.78 is 25.6. The Morgan fingerprint density at radius 2 is 1.65 bits per heavy atom. The number of unbranched alkanes of at least 4 members (excludes halogenated alkanes) is 1. The van der Waals surface area contributed by atoms with Crippen LogP contribution in [0.1, 0.15) is 23.2 Å². The van der Waals surface area contributed by atoms with Crippen molar-refractivity contribution in [3.63, 3.8) is 0 Å². The number of nitrogens with zero attached hydrogens (tertiary/aromatic N) is 3. The molecule has 0 aliphatic carbocycles. The zero-order valence-electron chi connectivity index (χ0n) is 18.6. The van der Waals surface area contributed by atoms with Gasteiger partial charge in [0.25, 0.3) is 5.91 Å². The molecule has 0 bridgehead atoms. The number of benzene rings is 2. The molecule has 0 N–H and O–H groups in total. The fourth-order valence-corrected chi connectivity index (χ4v) is 5.97. The van der Waals surface area contributed by atoms with Crippen molar-refractivity contribution >= 4 is 59.0 Å². The van der Waals surface area contributed by atoms with Crippen molar-refractivity contribution in [3.8, 4) is 11.5 Å². The molecule has 186 valence electrons. The number of carbonyl (C=O) groups is 1. The second-order valence-electron chi connectivity index (χ2n) is 8.14. The largest absolute Gasteiger partial charge is 0.486 e. The Labute approximate surface area is 219 Å². The number of hydrogen-bond donors (Lipinski definition) is 0. The molecular formula is C23H28Cl3N3O4S. The number of fused-ring (bicyclic) bond motifs is 2. The molecule has 0 saturated carbocycles. The summed E-state index contributed by atoms with van der Waals surface area (Å²) >= 11 is 6.30. The van der Waals surface area contributed by atoms with E-state index < -0.39 is 11.0 Å². The van der Waals surface area contributed by atoms with Crippen LogP contribution in [0, 0.1) is 0 Å². The maximum Gasteiger partial charge on any atom is 0.267 e. The molecule has 3 aliphatic rings. The average molecular weight is 549 g/mol. The van der Waals surface area contributed by atoms with Crippen LogP contribution in [0.3, 0.4) is 0 Å². The second-order valence-corrected chi connectivity index (χ2v) is 9.95. The Kier molecular flexibility index (Phi) is 9.34. The average Bonchev–Trinajstić information content (AvgIpc) is 3.06. The van der Waals surface area contributed by atoms with E-state index in [9.17, 15) is 9.00 Å². The van der Waals surface area contributed by atoms with E-state index in [1.807, 2.05) is 24.3 Å². The predicted octanol–water partition coefficient (Wildman–Crippen LogP) is 4.04. The van der Waals surface area contributed by atoms with Crippen molar-refractivity contribution in [1.82, 2.24) is 9.21 Å². The number of carbonyl (C=O) groups excluding carboxylic acids is 1. The van der Waals surface area contributed by atoms with Gasteiger partial charge in [-0.15, -0.1) is 24.8 Å². The van der Waals surface area contributed by atoms with Gasteiger partial charge < -0.3 is 14.4 Å². The fraction of sp³-hybridized carbons (Fsp3) is 0.435. The third-order valence-corrected chi connectivity index (χ3v) is 7.82. The summed E-state index contributed by atoms with van der Waals surface area (Å²) in [6.07, 6.45) is 1.79. The zero-order chi connectivity index (χ0) is 22.1. The predicted molar refractivity (Wildman–Crippen MR) is 139 cm³/mol. The molecule has 0 aromatic heterocycles. The topological polar surface area (TPSA) is 62.3 Å². The third-order valence-electron chi connectivity index (χ3n) is 6.12. The van der Waals surface area contributed by atoms with Gasteiger partial charge in [-0.05, 0) is 37.6 Å². The molecule has 1 saturated heterocycles. The summed E-state index contributed by atoms with van der Waals surface area (Å²) in [7, 11) is -1.37. The first-order valence-corrected chi connectivity index (χ1v) is 12.5. The highest BCUT2D eigenvalue weighted by Gasteiger charge is 2.33. The third kappa shape index (κ3) is 5.41. The Morgan fingerprint density at radius 3 is 2.41 bits per heavy atom. The molecule has 7 nitrogen and oxygen atoms in total. The number of piperazine rings is 1. The van der Waals surface area contributed by atoms with Crippen molar-refractivity contribution in [3.05, 3.63) is 47.0 Å². The van der Waals surface area contributed by atoms with E-state index in [4.69, 9.17) is 21.1 Å². The summed E-state index contributed by atoms with van der Waals surface area (Å²) in [5.74, 6) is 1.39. The first-order valence-electron chi connectivity index (χ1n) is 11.0. The highest BCUT2D eigenvalue weighted by molar-refractivity contribution is 7.84. The Balaban J connectivity index is 0.00000162. The van der Waals surface area contributed by atoms with Gasteiger partial charge >= 0.3 is 0 Å². The van der Waals surface area contributed by atoms with Gasteiger partial charge in [0.15, 0.2) is 22.5 Å². The van der Waals surface area contributed by atoms with Gasteiger partial charge in [-0.1, -0.05) is 23.7 Å². The van der Waals surface area contributed by atoms with Crippen LogP contribution in [0.4, 0.5) is 5.69 Å². The summed E-state index contributed by atoms with van der Waals surface area (Å²) in [5.41, 5.74) is 1.57. The van der Waals surface area contributed by atoms with Crippen molar-refractivity contribution in [2.45, 2.75) is 17.7 Å². The maximum atomic E-state index is 12.6. The summed E-state index contributed by atoms with van der Waals surface area (Å²) in [4.78, 5) is 17.9. The molecule has 0 spiro atoms. The maximum absolute atomic E-state index is 12.6. The fourth-order valence-electron chi connectivity index (χ4n) is 4.45. The molecule has 5 rings (SSSR count). The lowest BCUT2D eigenvalue weighted by Crippen LogP contribution is -2.47. The highest BCUT2D eigenvalue weighted by atomic mass is 35.5. The first kappa shape index (κ1) is 26.9. The number of halogens is 3. The van der Waals surface area contributed by atoms with Gasteiger partial charge in [-0.3, -0.25) is 14.0 Å². The first-order chi connectivity index (χ1) is 15.6. The number of ether oxygens (including phenoxy) is 2. The number of hydrogen-bond acceptors (Lipinski definition) is 6. The highest BCUT2D eigenvalue weighted by Crippen LogP contribution is 2.42. The molecule has 34 heavy (non-hydrogen) atoms. The van der Waals surface area contributed by atoms with Crippen molar-refractivity contribution in [2.75, 3.05) is 57.4 Å². The molecule has 11 heteroatoms. The van der Waals surface area contributed by atoms with E-state index in [0.717, 1.165) is 62.8 Å². The van der Waals surface area contributed by atoms with E-state index in [1.165, 1.54) is 4.31 Å². The lowest BCUT2D eigenvalue weighted by atomic mass is 10.2. The van der Waals surface area contributed by atoms with E-state index in [1.54, 1.807) is 12.1 Å². The molecule has 1 atom stereocenters. The van der Waals surface area contributed by atoms with Crippen molar-refractivity contribution in [2.24, 2.45) is 0 Å². The summed E-state index contributed by atoms with van der Waals surface area (Å²) in [6, 6.07) is 10.9. The van der Waals surface area contributed by atoms with Crippen LogP contribution >= 0.6 is 36.4 Å². The van der Waals surface area contributed by atoms with Gasteiger partial charge in [0.1, 0.15) is 13.2 Å². The van der Waals surface area contributed by atoms with Crippen LogP contribution in [0.15, 0.2) is 41.3 Å². The normalized spacial score (nSPS) is 19.3. The van der Waals surface area contributed by atoms with Crippen molar-refractivity contribution < 1.29 is 18.5 Å². The standard InChI is InChI=1S/C23H26ClN3O4S.2ClH/c24-17-15-19(22-20(16-17)30-13-14-31-22)26-11-9-25(10-12-26)7-3-4-8-27-23(28)18-5-1-2-6-21(18)32(27)29;;/h1-2,5-6,15-16H,3-4,7-14H2;2*1H. The van der Waals surface area contributed by atoms with Crippen LogP contribution in [-0.2, 0) is 11.0 Å². The molecule has 1 unspecified atom stereocenters. The van der Waals surface area contributed by atoms with Gasteiger partial charge in [0, 0.05) is 43.8 Å². The van der Waals surface area contributed by atoms with E-state index in [0.29, 0.717) is 35.2 Å². The van der Waals surface area contributed by atoms with Gasteiger partial charge in [0.2, 0.25) is 0 Å². The zero-order valence-corrected chi connectivity index (χ0v) is 21.8. The second kappa shape index (κ2) is 11.8. The number of rotatable bonds is 6.